The summed E-state index contributed by atoms with van der Waals surface area (Å²) in [4.78, 5) is 10.1. The van der Waals surface area contributed by atoms with Crippen LogP contribution in [0.15, 0.2) is 28.7 Å². The SMILES string of the molecule is O=CC=Cc1cc(Br)cc(OC(F)(F)F)c1. The van der Waals surface area contributed by atoms with Crippen LogP contribution >= 0.6 is 15.9 Å². The molecule has 0 radical (unpaired) electrons. The van der Waals surface area contributed by atoms with E-state index in [-0.39, 0.29) is 5.75 Å². The first-order chi connectivity index (χ1) is 7.40. The zero-order valence-corrected chi connectivity index (χ0v) is 9.38. The first kappa shape index (κ1) is 12.8. The number of carbonyl (C=O) groups is 1. The quantitative estimate of drug-likeness (QED) is 0.629. The highest BCUT2D eigenvalue weighted by molar-refractivity contribution is 9.10. The average molecular weight is 295 g/mol. The zero-order chi connectivity index (χ0) is 12.2. The molecule has 0 saturated carbocycles. The van der Waals surface area contributed by atoms with Crippen LogP contribution in [0.25, 0.3) is 6.08 Å². The predicted molar refractivity (Wildman–Crippen MR) is 55.9 cm³/mol. The van der Waals surface area contributed by atoms with Gasteiger partial charge >= 0.3 is 6.36 Å². The van der Waals surface area contributed by atoms with Gasteiger partial charge in [0.05, 0.1) is 0 Å². The number of halogens is 4. The van der Waals surface area contributed by atoms with Crippen LogP contribution in [0.2, 0.25) is 0 Å². The summed E-state index contributed by atoms with van der Waals surface area (Å²) in [7, 11) is 0. The second-order valence-electron chi connectivity index (χ2n) is 2.76. The minimum atomic E-state index is -4.73. The van der Waals surface area contributed by atoms with E-state index in [9.17, 15) is 18.0 Å². The highest BCUT2D eigenvalue weighted by Crippen LogP contribution is 2.27. The first-order valence-electron chi connectivity index (χ1n) is 4.09. The van der Waals surface area contributed by atoms with Crippen molar-refractivity contribution < 1.29 is 22.7 Å². The van der Waals surface area contributed by atoms with Gasteiger partial charge in [-0.1, -0.05) is 22.0 Å². The van der Waals surface area contributed by atoms with Crippen molar-refractivity contribution >= 4 is 28.3 Å². The monoisotopic (exact) mass is 294 g/mol. The van der Waals surface area contributed by atoms with Gasteiger partial charge in [0.25, 0.3) is 0 Å². The van der Waals surface area contributed by atoms with Crippen LogP contribution in [0.5, 0.6) is 5.75 Å². The third-order valence-electron chi connectivity index (χ3n) is 1.49. The van der Waals surface area contributed by atoms with E-state index in [1.807, 2.05) is 0 Å². The van der Waals surface area contributed by atoms with Crippen LogP contribution in [-0.4, -0.2) is 12.6 Å². The van der Waals surface area contributed by atoms with E-state index in [1.54, 1.807) is 6.07 Å². The standard InChI is InChI=1S/C10H6BrF3O2/c11-8-4-7(2-1-3-15)5-9(6-8)16-10(12,13)14/h1-6H. The lowest BCUT2D eigenvalue weighted by molar-refractivity contribution is -0.274. The Morgan fingerprint density at radius 2 is 1.94 bits per heavy atom. The number of rotatable bonds is 3. The number of carbonyl (C=O) groups excluding carboxylic acids is 1. The van der Waals surface area contributed by atoms with Crippen molar-refractivity contribution in [3.63, 3.8) is 0 Å². The Kier molecular flexibility index (Phi) is 4.12. The minimum Gasteiger partial charge on any atom is -0.406 e. The summed E-state index contributed by atoms with van der Waals surface area (Å²) in [6, 6.07) is 3.92. The van der Waals surface area contributed by atoms with E-state index in [1.165, 1.54) is 24.3 Å². The Morgan fingerprint density at radius 3 is 2.50 bits per heavy atom. The molecule has 0 fully saturated rings. The zero-order valence-electron chi connectivity index (χ0n) is 7.79. The molecule has 0 saturated heterocycles. The van der Waals surface area contributed by atoms with Crippen molar-refractivity contribution in [1.82, 2.24) is 0 Å². The lowest BCUT2D eigenvalue weighted by Crippen LogP contribution is -2.17. The van der Waals surface area contributed by atoms with Gasteiger partial charge in [-0.05, 0) is 29.8 Å². The molecule has 0 amide bonds. The van der Waals surface area contributed by atoms with E-state index >= 15 is 0 Å². The lowest BCUT2D eigenvalue weighted by atomic mass is 10.2. The molecule has 0 spiro atoms. The smallest absolute Gasteiger partial charge is 0.406 e. The predicted octanol–water partition coefficient (Wildman–Crippen LogP) is 3.56. The summed E-state index contributed by atoms with van der Waals surface area (Å²) in [5.41, 5.74) is 0.431. The normalized spacial score (nSPS) is 11.8. The second-order valence-corrected chi connectivity index (χ2v) is 3.68. The van der Waals surface area contributed by atoms with Gasteiger partial charge in [-0.3, -0.25) is 4.79 Å². The number of hydrogen-bond donors (Lipinski definition) is 0. The molecule has 0 unspecified atom stereocenters. The molecular formula is C10H6BrF3O2. The fourth-order valence-electron chi connectivity index (χ4n) is 1.02. The van der Waals surface area contributed by atoms with E-state index in [4.69, 9.17) is 0 Å². The molecule has 0 bridgehead atoms. The van der Waals surface area contributed by atoms with Crippen molar-refractivity contribution in [2.45, 2.75) is 6.36 Å². The molecule has 0 aromatic heterocycles. The third-order valence-corrected chi connectivity index (χ3v) is 1.95. The maximum absolute atomic E-state index is 11.9. The van der Waals surface area contributed by atoms with Crippen LogP contribution in [0.4, 0.5) is 13.2 Å². The average Bonchev–Trinajstić information content (AvgIpc) is 2.10. The molecular weight excluding hydrogens is 289 g/mol. The van der Waals surface area contributed by atoms with Gasteiger partial charge in [0.15, 0.2) is 0 Å². The molecule has 0 aliphatic rings. The van der Waals surface area contributed by atoms with E-state index in [2.05, 4.69) is 20.7 Å². The van der Waals surface area contributed by atoms with Gasteiger partial charge in [-0.25, -0.2) is 0 Å². The maximum Gasteiger partial charge on any atom is 0.573 e. The van der Waals surface area contributed by atoms with E-state index in [0.717, 1.165) is 0 Å². The molecule has 1 aromatic rings. The topological polar surface area (TPSA) is 26.3 Å². The van der Waals surface area contributed by atoms with Crippen molar-refractivity contribution in [1.29, 1.82) is 0 Å². The highest BCUT2D eigenvalue weighted by atomic mass is 79.9. The van der Waals surface area contributed by atoms with Crippen LogP contribution in [-0.2, 0) is 4.79 Å². The number of aldehydes is 1. The summed E-state index contributed by atoms with van der Waals surface area (Å²) in [6.45, 7) is 0. The molecule has 0 aliphatic heterocycles. The fraction of sp³-hybridized carbons (Fsp3) is 0.100. The van der Waals surface area contributed by atoms with Gasteiger partial charge in [0.2, 0.25) is 0 Å². The van der Waals surface area contributed by atoms with Crippen LogP contribution < -0.4 is 4.74 Å². The van der Waals surface area contributed by atoms with Crippen LogP contribution in [0, 0.1) is 0 Å². The highest BCUT2D eigenvalue weighted by Gasteiger charge is 2.31. The lowest BCUT2D eigenvalue weighted by Gasteiger charge is -2.09. The Labute approximate surface area is 97.8 Å². The molecule has 1 rings (SSSR count). The molecule has 0 heterocycles. The molecule has 86 valence electrons. The summed E-state index contributed by atoms with van der Waals surface area (Å²) in [6.07, 6.45) is -1.64. The van der Waals surface area contributed by atoms with Gasteiger partial charge in [-0.2, -0.15) is 0 Å². The van der Waals surface area contributed by atoms with Crippen LogP contribution in [0.3, 0.4) is 0 Å². The Balaban J connectivity index is 2.98. The van der Waals surface area contributed by atoms with Gasteiger partial charge < -0.3 is 4.74 Å². The Hall–Kier alpha value is -1.30. The van der Waals surface area contributed by atoms with Crippen molar-refractivity contribution in [2.24, 2.45) is 0 Å². The first-order valence-corrected chi connectivity index (χ1v) is 4.88. The van der Waals surface area contributed by atoms with E-state index in [0.29, 0.717) is 16.3 Å². The van der Waals surface area contributed by atoms with Gasteiger partial charge in [0, 0.05) is 4.47 Å². The Morgan fingerprint density at radius 1 is 1.25 bits per heavy atom. The molecule has 0 atom stereocenters. The minimum absolute atomic E-state index is 0.340. The van der Waals surface area contributed by atoms with Crippen molar-refractivity contribution in [3.05, 3.63) is 34.3 Å². The van der Waals surface area contributed by atoms with Crippen molar-refractivity contribution in [3.8, 4) is 5.75 Å². The Bertz CT molecular complexity index is 413. The van der Waals surface area contributed by atoms with Gasteiger partial charge in [-0.15, -0.1) is 13.2 Å². The number of benzene rings is 1. The summed E-state index contributed by atoms with van der Waals surface area (Å²) in [5, 5.41) is 0. The second kappa shape index (κ2) is 5.16. The van der Waals surface area contributed by atoms with Crippen LogP contribution in [0.1, 0.15) is 5.56 Å². The molecule has 6 heteroatoms. The number of alkyl halides is 3. The largest absolute Gasteiger partial charge is 0.573 e. The molecule has 2 nitrogen and oxygen atoms in total. The van der Waals surface area contributed by atoms with Crippen molar-refractivity contribution in [2.75, 3.05) is 0 Å². The van der Waals surface area contributed by atoms with Gasteiger partial charge in [0.1, 0.15) is 12.0 Å². The molecule has 0 aliphatic carbocycles. The van der Waals surface area contributed by atoms with E-state index < -0.39 is 6.36 Å². The molecule has 0 N–H and O–H groups in total. The number of allylic oxidation sites excluding steroid dienone is 1. The third kappa shape index (κ3) is 4.48. The maximum atomic E-state index is 11.9. The number of hydrogen-bond acceptors (Lipinski definition) is 2. The molecule has 16 heavy (non-hydrogen) atoms. The molecule has 1 aromatic carbocycles. The summed E-state index contributed by atoms with van der Waals surface area (Å²) in [5.74, 6) is -0.340. The summed E-state index contributed by atoms with van der Waals surface area (Å²) < 4.78 is 40.0. The fourth-order valence-corrected chi connectivity index (χ4v) is 1.51. The summed E-state index contributed by atoms with van der Waals surface area (Å²) >= 11 is 3.04. The number of ether oxygens (including phenoxy) is 1.